The molecule has 0 aliphatic carbocycles. The second-order valence-corrected chi connectivity index (χ2v) is 10.4. The van der Waals surface area contributed by atoms with Crippen LogP contribution in [0.2, 0.25) is 0 Å². The van der Waals surface area contributed by atoms with E-state index in [-0.39, 0.29) is 29.9 Å². The van der Waals surface area contributed by atoms with E-state index in [1.807, 2.05) is 49.4 Å². The Balaban J connectivity index is 1.14. The van der Waals surface area contributed by atoms with Crippen LogP contribution in [-0.2, 0) is 27.3 Å². The molecule has 3 aromatic rings. The second kappa shape index (κ2) is 11.6. The smallest absolute Gasteiger partial charge is 0.294 e. The Labute approximate surface area is 230 Å². The van der Waals surface area contributed by atoms with Crippen molar-refractivity contribution < 1.29 is 23.9 Å². The lowest BCUT2D eigenvalue weighted by Gasteiger charge is -2.29. The number of rotatable bonds is 7. The van der Waals surface area contributed by atoms with Gasteiger partial charge in [0.05, 0.1) is 4.91 Å². The number of thioether (sulfide) groups is 1. The van der Waals surface area contributed by atoms with Crippen LogP contribution in [0.25, 0.3) is 6.08 Å². The van der Waals surface area contributed by atoms with Crippen LogP contribution >= 0.6 is 11.8 Å². The number of hydrogen-bond donors (Lipinski definition) is 1. The molecule has 39 heavy (non-hydrogen) atoms. The molecule has 0 saturated carbocycles. The molecule has 0 bridgehead atoms. The van der Waals surface area contributed by atoms with Gasteiger partial charge in [0, 0.05) is 18.8 Å². The van der Waals surface area contributed by atoms with Crippen molar-refractivity contribution in [1.29, 1.82) is 0 Å². The van der Waals surface area contributed by atoms with Crippen molar-refractivity contribution in [3.63, 3.8) is 0 Å². The average Bonchev–Trinajstić information content (AvgIpc) is 3.20. The molecule has 4 amide bonds. The van der Waals surface area contributed by atoms with E-state index in [2.05, 4.69) is 11.4 Å². The van der Waals surface area contributed by atoms with E-state index in [9.17, 15) is 19.2 Å². The van der Waals surface area contributed by atoms with E-state index < -0.39 is 11.1 Å². The van der Waals surface area contributed by atoms with Crippen molar-refractivity contribution in [3.8, 4) is 5.75 Å². The molecule has 1 saturated heterocycles. The number of amides is 4. The van der Waals surface area contributed by atoms with Crippen molar-refractivity contribution in [2.24, 2.45) is 0 Å². The van der Waals surface area contributed by atoms with Gasteiger partial charge in [-0.3, -0.25) is 24.1 Å². The zero-order valence-corrected chi connectivity index (χ0v) is 22.2. The molecule has 8 nitrogen and oxygen atoms in total. The predicted octanol–water partition coefficient (Wildman–Crippen LogP) is 4.63. The van der Waals surface area contributed by atoms with E-state index in [4.69, 9.17) is 4.74 Å². The van der Waals surface area contributed by atoms with E-state index in [1.165, 1.54) is 5.56 Å². The summed E-state index contributed by atoms with van der Waals surface area (Å²) in [6.07, 6.45) is 2.36. The Morgan fingerprint density at radius 3 is 2.44 bits per heavy atom. The van der Waals surface area contributed by atoms with Crippen molar-refractivity contribution >= 4 is 46.5 Å². The van der Waals surface area contributed by atoms with Gasteiger partial charge in [-0.2, -0.15) is 0 Å². The molecule has 2 aliphatic rings. The minimum absolute atomic E-state index is 0.150. The molecule has 9 heteroatoms. The largest absolute Gasteiger partial charge is 0.484 e. The first-order valence-corrected chi connectivity index (χ1v) is 13.4. The summed E-state index contributed by atoms with van der Waals surface area (Å²) in [6, 6.07) is 22.3. The maximum absolute atomic E-state index is 12.9. The van der Waals surface area contributed by atoms with Crippen LogP contribution in [0, 0.1) is 6.92 Å². The zero-order valence-electron chi connectivity index (χ0n) is 21.4. The first-order chi connectivity index (χ1) is 18.9. The molecule has 0 atom stereocenters. The van der Waals surface area contributed by atoms with Crippen molar-refractivity contribution in [2.75, 3.05) is 25.0 Å². The fraction of sp³-hybridized carbons (Fsp3) is 0.200. The standard InChI is InChI=1S/C30H27N3O5S/c1-20-6-10-24(11-7-20)31-27(34)19-38-25-12-8-21(9-13-25)16-26-29(36)33(30(37)39-26)18-28(35)32-15-14-22-4-2-3-5-23(22)17-32/h2-13,16H,14-15,17-19H2,1H3,(H,31,34)/b26-16+. The summed E-state index contributed by atoms with van der Waals surface area (Å²) in [5, 5.41) is 2.31. The number of anilines is 1. The lowest BCUT2D eigenvalue weighted by atomic mass is 10.00. The SMILES string of the molecule is Cc1ccc(NC(=O)COc2ccc(/C=C3/SC(=O)N(CC(=O)N4CCc5ccccc5C4)C3=O)cc2)cc1. The Kier molecular flexibility index (Phi) is 7.79. The van der Waals surface area contributed by atoms with E-state index >= 15 is 0 Å². The number of imide groups is 1. The Morgan fingerprint density at radius 2 is 1.69 bits per heavy atom. The van der Waals surface area contributed by atoms with Gasteiger partial charge in [0.15, 0.2) is 6.61 Å². The normalized spacial score (nSPS) is 15.9. The average molecular weight is 542 g/mol. The van der Waals surface area contributed by atoms with Crippen LogP contribution in [0.3, 0.4) is 0 Å². The second-order valence-electron chi connectivity index (χ2n) is 9.37. The Hall–Kier alpha value is -4.37. The lowest BCUT2D eigenvalue weighted by Crippen LogP contribution is -2.44. The number of nitrogens with zero attached hydrogens (tertiary/aromatic N) is 2. The predicted molar refractivity (Wildman–Crippen MR) is 150 cm³/mol. The van der Waals surface area contributed by atoms with Crippen LogP contribution in [0.1, 0.15) is 22.3 Å². The quantitative estimate of drug-likeness (QED) is 0.438. The van der Waals surface area contributed by atoms with Crippen molar-refractivity contribution in [1.82, 2.24) is 9.80 Å². The summed E-state index contributed by atoms with van der Waals surface area (Å²) in [5.74, 6) is -0.516. The maximum Gasteiger partial charge on any atom is 0.294 e. The number of aryl methyl sites for hydroxylation is 1. The molecule has 0 unspecified atom stereocenters. The van der Waals surface area contributed by atoms with Gasteiger partial charge in [0.25, 0.3) is 17.1 Å². The third kappa shape index (κ3) is 6.38. The number of carbonyl (C=O) groups is 4. The highest BCUT2D eigenvalue weighted by atomic mass is 32.2. The molecule has 1 fully saturated rings. The maximum atomic E-state index is 12.9. The Morgan fingerprint density at radius 1 is 0.974 bits per heavy atom. The highest BCUT2D eigenvalue weighted by Crippen LogP contribution is 2.32. The molecule has 0 radical (unpaired) electrons. The van der Waals surface area contributed by atoms with Gasteiger partial charge in [-0.1, -0.05) is 54.1 Å². The Bertz CT molecular complexity index is 1450. The molecule has 0 aromatic heterocycles. The third-order valence-electron chi connectivity index (χ3n) is 6.53. The first kappa shape index (κ1) is 26.2. The van der Waals surface area contributed by atoms with Gasteiger partial charge in [-0.15, -0.1) is 0 Å². The van der Waals surface area contributed by atoms with Gasteiger partial charge in [-0.05, 0) is 72.1 Å². The summed E-state index contributed by atoms with van der Waals surface area (Å²) >= 11 is 0.818. The van der Waals surface area contributed by atoms with Gasteiger partial charge < -0.3 is 15.0 Å². The van der Waals surface area contributed by atoms with Crippen LogP contribution in [0.4, 0.5) is 10.5 Å². The van der Waals surface area contributed by atoms with Crippen LogP contribution in [0.5, 0.6) is 5.75 Å². The molecular formula is C30H27N3O5S. The monoisotopic (exact) mass is 541 g/mol. The minimum Gasteiger partial charge on any atom is -0.484 e. The highest BCUT2D eigenvalue weighted by Gasteiger charge is 2.37. The van der Waals surface area contributed by atoms with E-state index in [1.54, 1.807) is 35.2 Å². The highest BCUT2D eigenvalue weighted by molar-refractivity contribution is 8.18. The van der Waals surface area contributed by atoms with Gasteiger partial charge in [-0.25, -0.2) is 0 Å². The van der Waals surface area contributed by atoms with Gasteiger partial charge in [0.1, 0.15) is 12.3 Å². The number of fused-ring (bicyclic) bond motifs is 1. The zero-order chi connectivity index (χ0) is 27.4. The van der Waals surface area contributed by atoms with Crippen LogP contribution in [-0.4, -0.2) is 52.5 Å². The summed E-state index contributed by atoms with van der Waals surface area (Å²) < 4.78 is 5.56. The van der Waals surface area contributed by atoms with Gasteiger partial charge >= 0.3 is 0 Å². The number of benzene rings is 3. The number of hydrogen-bond acceptors (Lipinski definition) is 6. The van der Waals surface area contributed by atoms with E-state index in [0.717, 1.165) is 34.2 Å². The topological polar surface area (TPSA) is 96.0 Å². The number of carbonyl (C=O) groups excluding carboxylic acids is 4. The number of ether oxygens (including phenoxy) is 1. The molecule has 198 valence electrons. The van der Waals surface area contributed by atoms with E-state index in [0.29, 0.717) is 30.1 Å². The minimum atomic E-state index is -0.483. The van der Waals surface area contributed by atoms with Gasteiger partial charge in [0.2, 0.25) is 5.91 Å². The molecule has 1 N–H and O–H groups in total. The van der Waals surface area contributed by atoms with Crippen LogP contribution < -0.4 is 10.1 Å². The first-order valence-electron chi connectivity index (χ1n) is 12.5. The van der Waals surface area contributed by atoms with Crippen molar-refractivity contribution in [2.45, 2.75) is 19.9 Å². The fourth-order valence-electron chi connectivity index (χ4n) is 4.37. The molecular weight excluding hydrogens is 514 g/mol. The van der Waals surface area contributed by atoms with Crippen molar-refractivity contribution in [3.05, 3.63) is 100.0 Å². The molecule has 0 spiro atoms. The lowest BCUT2D eigenvalue weighted by molar-refractivity contribution is -0.136. The molecule has 2 heterocycles. The van der Waals surface area contributed by atoms with Crippen LogP contribution in [0.15, 0.2) is 77.7 Å². The summed E-state index contributed by atoms with van der Waals surface area (Å²) in [6.45, 7) is 2.58. The molecule has 2 aliphatic heterocycles. The summed E-state index contributed by atoms with van der Waals surface area (Å²) in [5.41, 5.74) is 4.80. The molecule has 5 rings (SSSR count). The third-order valence-corrected chi connectivity index (χ3v) is 7.44. The fourth-order valence-corrected chi connectivity index (χ4v) is 5.21. The summed E-state index contributed by atoms with van der Waals surface area (Å²) in [7, 11) is 0. The number of nitrogens with one attached hydrogen (secondary N) is 1. The molecule has 3 aromatic carbocycles. The summed E-state index contributed by atoms with van der Waals surface area (Å²) in [4.78, 5) is 53.5.